The molecule has 0 aliphatic heterocycles. The molecule has 1 N–H and O–H groups in total. The summed E-state index contributed by atoms with van der Waals surface area (Å²) in [4.78, 5) is 11.9. The predicted molar refractivity (Wildman–Crippen MR) is 79.3 cm³/mol. The van der Waals surface area contributed by atoms with Gasteiger partial charge in [0.2, 0.25) is 5.78 Å². The van der Waals surface area contributed by atoms with Gasteiger partial charge in [0.15, 0.2) is 5.76 Å². The Kier molecular flexibility index (Phi) is 4.22. The molecule has 2 rings (SSSR count). The van der Waals surface area contributed by atoms with Gasteiger partial charge in [0.1, 0.15) is 5.76 Å². The van der Waals surface area contributed by atoms with Gasteiger partial charge in [0.25, 0.3) is 0 Å². The molecule has 0 saturated heterocycles. The van der Waals surface area contributed by atoms with Gasteiger partial charge in [0, 0.05) is 21.9 Å². The number of ketones is 1. The van der Waals surface area contributed by atoms with Crippen LogP contribution in [-0.2, 0) is 0 Å². The molecule has 1 aromatic heterocycles. The Hall–Kier alpha value is -1.81. The van der Waals surface area contributed by atoms with Crippen molar-refractivity contribution < 1.29 is 9.21 Å². The predicted octanol–water partition coefficient (Wildman–Crippen LogP) is 4.55. The Morgan fingerprint density at radius 1 is 1.32 bits per heavy atom. The molecule has 0 bridgehead atoms. The molecule has 0 atom stereocenters. The highest BCUT2D eigenvalue weighted by Crippen LogP contribution is 2.17. The van der Waals surface area contributed by atoms with E-state index in [0.29, 0.717) is 5.76 Å². The van der Waals surface area contributed by atoms with Crippen LogP contribution in [0.4, 0.5) is 5.69 Å². The van der Waals surface area contributed by atoms with Gasteiger partial charge in [-0.15, -0.1) is 0 Å². The van der Waals surface area contributed by atoms with E-state index in [4.69, 9.17) is 4.42 Å². The van der Waals surface area contributed by atoms with Crippen LogP contribution in [0.3, 0.4) is 0 Å². The van der Waals surface area contributed by atoms with Crippen molar-refractivity contribution >= 4 is 27.4 Å². The van der Waals surface area contributed by atoms with Crippen molar-refractivity contribution in [1.82, 2.24) is 0 Å². The van der Waals surface area contributed by atoms with Gasteiger partial charge in [0.05, 0.1) is 0 Å². The first-order chi connectivity index (χ1) is 9.04. The molecule has 1 heterocycles. The summed E-state index contributed by atoms with van der Waals surface area (Å²) < 4.78 is 6.27. The molecular weight excluding hydrogens is 306 g/mol. The van der Waals surface area contributed by atoms with Gasteiger partial charge in [-0.2, -0.15) is 0 Å². The second kappa shape index (κ2) is 5.89. The number of anilines is 1. The fourth-order valence-electron chi connectivity index (χ4n) is 1.66. The number of furan rings is 1. The van der Waals surface area contributed by atoms with E-state index >= 15 is 0 Å². The molecular formula is C15H14BrNO2. The highest BCUT2D eigenvalue weighted by molar-refractivity contribution is 9.10. The zero-order valence-corrected chi connectivity index (χ0v) is 12.3. The number of halogens is 1. The number of allylic oxidation sites excluding steroid dienone is 2. The molecule has 3 nitrogen and oxygen atoms in total. The second-order valence-electron chi connectivity index (χ2n) is 4.24. The summed E-state index contributed by atoms with van der Waals surface area (Å²) in [5.41, 5.74) is 1.68. The molecule has 0 aliphatic carbocycles. The van der Waals surface area contributed by atoms with E-state index in [-0.39, 0.29) is 5.78 Å². The molecule has 0 radical (unpaired) electrons. The molecule has 19 heavy (non-hydrogen) atoms. The van der Waals surface area contributed by atoms with E-state index in [9.17, 15) is 4.79 Å². The first-order valence-electron chi connectivity index (χ1n) is 5.86. The number of benzene rings is 1. The summed E-state index contributed by atoms with van der Waals surface area (Å²) in [5.74, 6) is 0.940. The molecule has 4 heteroatoms. The summed E-state index contributed by atoms with van der Waals surface area (Å²) in [6, 6.07) is 11.2. The Bertz CT molecular complexity index is 629. The Balaban J connectivity index is 2.09. The van der Waals surface area contributed by atoms with Gasteiger partial charge >= 0.3 is 0 Å². The van der Waals surface area contributed by atoms with Crippen LogP contribution in [0.5, 0.6) is 0 Å². The normalized spacial score (nSPS) is 11.4. The Morgan fingerprint density at radius 3 is 2.74 bits per heavy atom. The van der Waals surface area contributed by atoms with Crippen molar-refractivity contribution in [3.8, 4) is 0 Å². The van der Waals surface area contributed by atoms with E-state index in [1.807, 2.05) is 38.1 Å². The van der Waals surface area contributed by atoms with Crippen LogP contribution in [0.1, 0.15) is 23.2 Å². The molecule has 0 unspecified atom stereocenters. The third kappa shape index (κ3) is 3.83. The summed E-state index contributed by atoms with van der Waals surface area (Å²) in [5, 5.41) is 3.16. The standard InChI is InChI=1S/C15H14BrNO2/c1-10(17-13-5-3-4-12(16)9-13)8-14(18)15-7-6-11(2)19-15/h3-9,17H,1-2H3/b10-8+. The minimum absolute atomic E-state index is 0.145. The fourth-order valence-corrected chi connectivity index (χ4v) is 2.06. The maximum atomic E-state index is 11.9. The van der Waals surface area contributed by atoms with E-state index in [2.05, 4.69) is 21.2 Å². The van der Waals surface area contributed by atoms with Crippen LogP contribution in [0.15, 0.2) is 57.1 Å². The van der Waals surface area contributed by atoms with Gasteiger partial charge in [-0.1, -0.05) is 22.0 Å². The number of carbonyl (C=O) groups excluding carboxylic acids is 1. The quantitative estimate of drug-likeness (QED) is 0.664. The number of hydrogen-bond acceptors (Lipinski definition) is 3. The van der Waals surface area contributed by atoms with Crippen molar-refractivity contribution in [2.45, 2.75) is 13.8 Å². The van der Waals surface area contributed by atoms with E-state index < -0.39 is 0 Å². The van der Waals surface area contributed by atoms with Crippen molar-refractivity contribution in [3.05, 3.63) is 64.2 Å². The third-order valence-electron chi connectivity index (χ3n) is 2.50. The van der Waals surface area contributed by atoms with Crippen LogP contribution in [0.25, 0.3) is 0 Å². The Labute approximate surface area is 120 Å². The third-order valence-corrected chi connectivity index (χ3v) is 2.99. The van der Waals surface area contributed by atoms with Gasteiger partial charge < -0.3 is 9.73 Å². The molecule has 98 valence electrons. The lowest BCUT2D eigenvalue weighted by molar-refractivity contribution is 0.102. The molecule has 1 aromatic carbocycles. The lowest BCUT2D eigenvalue weighted by Crippen LogP contribution is -2.00. The summed E-state index contributed by atoms with van der Waals surface area (Å²) in [7, 11) is 0. The van der Waals surface area contributed by atoms with Gasteiger partial charge in [-0.25, -0.2) is 0 Å². The van der Waals surface area contributed by atoms with E-state index in [1.165, 1.54) is 6.08 Å². The lowest BCUT2D eigenvalue weighted by atomic mass is 10.2. The summed E-state index contributed by atoms with van der Waals surface area (Å²) in [6.07, 6.45) is 1.53. The van der Waals surface area contributed by atoms with Gasteiger partial charge in [-0.3, -0.25) is 4.79 Å². The average Bonchev–Trinajstić information content (AvgIpc) is 2.75. The van der Waals surface area contributed by atoms with Crippen molar-refractivity contribution in [3.63, 3.8) is 0 Å². The van der Waals surface area contributed by atoms with E-state index in [0.717, 1.165) is 21.6 Å². The first-order valence-corrected chi connectivity index (χ1v) is 6.65. The fraction of sp³-hybridized carbons (Fsp3) is 0.133. The van der Waals surface area contributed by atoms with Crippen LogP contribution in [0.2, 0.25) is 0 Å². The van der Waals surface area contributed by atoms with Crippen molar-refractivity contribution in [1.29, 1.82) is 0 Å². The molecule has 0 fully saturated rings. The number of nitrogens with one attached hydrogen (secondary N) is 1. The number of hydrogen-bond donors (Lipinski definition) is 1. The molecule has 0 amide bonds. The molecule has 0 aliphatic rings. The first kappa shape index (κ1) is 13.6. The smallest absolute Gasteiger partial charge is 0.222 e. The SMILES string of the molecule is C/C(=C\C(=O)c1ccc(C)o1)Nc1cccc(Br)c1. The van der Waals surface area contributed by atoms with Crippen LogP contribution in [-0.4, -0.2) is 5.78 Å². The molecule has 2 aromatic rings. The minimum atomic E-state index is -0.145. The largest absolute Gasteiger partial charge is 0.458 e. The number of carbonyl (C=O) groups is 1. The highest BCUT2D eigenvalue weighted by atomic mass is 79.9. The summed E-state index contributed by atoms with van der Waals surface area (Å²) in [6.45, 7) is 3.65. The van der Waals surface area contributed by atoms with Gasteiger partial charge in [-0.05, 0) is 44.2 Å². The zero-order chi connectivity index (χ0) is 13.8. The second-order valence-corrected chi connectivity index (χ2v) is 5.15. The minimum Gasteiger partial charge on any atom is -0.458 e. The maximum absolute atomic E-state index is 11.9. The number of rotatable bonds is 4. The monoisotopic (exact) mass is 319 g/mol. The summed E-state index contributed by atoms with van der Waals surface area (Å²) >= 11 is 3.40. The highest BCUT2D eigenvalue weighted by Gasteiger charge is 2.07. The van der Waals surface area contributed by atoms with Crippen LogP contribution >= 0.6 is 15.9 Å². The van der Waals surface area contributed by atoms with E-state index in [1.54, 1.807) is 12.1 Å². The molecule has 0 spiro atoms. The zero-order valence-electron chi connectivity index (χ0n) is 10.7. The van der Waals surface area contributed by atoms with Crippen molar-refractivity contribution in [2.75, 3.05) is 5.32 Å². The van der Waals surface area contributed by atoms with Crippen LogP contribution < -0.4 is 5.32 Å². The number of aryl methyl sites for hydroxylation is 1. The average molecular weight is 320 g/mol. The topological polar surface area (TPSA) is 42.2 Å². The Morgan fingerprint density at radius 2 is 2.11 bits per heavy atom. The van der Waals surface area contributed by atoms with Crippen molar-refractivity contribution in [2.24, 2.45) is 0 Å². The maximum Gasteiger partial charge on any atom is 0.222 e. The van der Waals surface area contributed by atoms with Crippen LogP contribution in [0, 0.1) is 6.92 Å². The molecule has 0 saturated carbocycles. The lowest BCUT2D eigenvalue weighted by Gasteiger charge is -2.06.